The zero-order valence-corrected chi connectivity index (χ0v) is 15.4. The number of aryl methyl sites for hydroxylation is 1. The lowest BCUT2D eigenvalue weighted by molar-refractivity contribution is 0.480. The van der Waals surface area contributed by atoms with Gasteiger partial charge in [0.1, 0.15) is 11.5 Å². The molecule has 0 aliphatic heterocycles. The van der Waals surface area contributed by atoms with Crippen molar-refractivity contribution in [3.05, 3.63) is 71.5 Å². The van der Waals surface area contributed by atoms with Crippen LogP contribution in [0.5, 0.6) is 11.5 Å². The van der Waals surface area contributed by atoms with E-state index in [1.165, 1.54) is 0 Å². The molecule has 0 aliphatic rings. The number of rotatable bonds is 5. The monoisotopic (exact) mass is 379 g/mol. The number of benzene rings is 2. The molecule has 7 heteroatoms. The number of anilines is 2. The minimum Gasteiger partial charge on any atom is -0.456 e. The minimum absolute atomic E-state index is 0.549. The Kier molecular flexibility index (Phi) is 4.56. The highest BCUT2D eigenvalue weighted by atomic mass is 35.5. The van der Waals surface area contributed by atoms with E-state index >= 15 is 0 Å². The number of aromatic nitrogens is 3. The number of fused-ring (bicyclic) bond motifs is 1. The van der Waals surface area contributed by atoms with Gasteiger partial charge in [0.2, 0.25) is 5.95 Å². The Balaban J connectivity index is 1.43. The Hall–Kier alpha value is -3.25. The third kappa shape index (κ3) is 3.80. The summed E-state index contributed by atoms with van der Waals surface area (Å²) in [5.41, 5.74) is 9.33. The molecule has 4 rings (SSSR count). The number of hydrogen-bond donors (Lipinski definition) is 2. The van der Waals surface area contributed by atoms with E-state index in [0.29, 0.717) is 23.1 Å². The Labute approximate surface area is 161 Å². The van der Waals surface area contributed by atoms with Crippen molar-refractivity contribution in [1.29, 1.82) is 0 Å². The van der Waals surface area contributed by atoms with Crippen LogP contribution in [-0.4, -0.2) is 14.5 Å². The first-order chi connectivity index (χ1) is 13.1. The molecule has 0 spiro atoms. The lowest BCUT2D eigenvalue weighted by atomic mass is 10.3. The standard InChI is InChI=1S/C20H18ClN5O/c1-26-19-10-14(22)4-9-18(19)25-20(26)24-11-15-5-8-17(12-23-15)27-16-6-2-13(21)3-7-16/h2-10,12H,11,22H2,1H3,(H,24,25). The normalized spacial score (nSPS) is 10.9. The first-order valence-electron chi connectivity index (χ1n) is 8.43. The Bertz CT molecular complexity index is 1070. The zero-order chi connectivity index (χ0) is 18.8. The van der Waals surface area contributed by atoms with Crippen LogP contribution in [0.25, 0.3) is 11.0 Å². The number of nitrogens with zero attached hydrogens (tertiary/aromatic N) is 3. The van der Waals surface area contributed by atoms with E-state index in [4.69, 9.17) is 22.1 Å². The molecule has 0 saturated heterocycles. The van der Waals surface area contributed by atoms with Gasteiger partial charge in [0.15, 0.2) is 0 Å². The number of hydrogen-bond acceptors (Lipinski definition) is 5. The van der Waals surface area contributed by atoms with Crippen LogP contribution >= 0.6 is 11.6 Å². The molecule has 0 radical (unpaired) electrons. The van der Waals surface area contributed by atoms with Crippen molar-refractivity contribution >= 4 is 34.3 Å². The van der Waals surface area contributed by atoms with E-state index in [2.05, 4.69) is 15.3 Å². The molecule has 4 aromatic rings. The summed E-state index contributed by atoms with van der Waals surface area (Å²) in [6.45, 7) is 0.549. The Morgan fingerprint density at radius 1 is 1.07 bits per heavy atom. The number of ether oxygens (including phenoxy) is 1. The SMILES string of the molecule is Cn1c(NCc2ccc(Oc3ccc(Cl)cc3)cn2)nc2ccc(N)cc21. The van der Waals surface area contributed by atoms with Crippen LogP contribution in [0.2, 0.25) is 5.02 Å². The molecule has 2 heterocycles. The van der Waals surface area contributed by atoms with Gasteiger partial charge in [-0.05, 0) is 54.6 Å². The highest BCUT2D eigenvalue weighted by Gasteiger charge is 2.08. The van der Waals surface area contributed by atoms with E-state index in [1.54, 1.807) is 18.3 Å². The number of nitrogens with one attached hydrogen (secondary N) is 1. The van der Waals surface area contributed by atoms with Crippen LogP contribution in [0.4, 0.5) is 11.6 Å². The molecule has 2 aromatic carbocycles. The summed E-state index contributed by atoms with van der Waals surface area (Å²) in [6.07, 6.45) is 1.70. The lowest BCUT2D eigenvalue weighted by Crippen LogP contribution is -2.06. The highest BCUT2D eigenvalue weighted by Crippen LogP contribution is 2.23. The van der Waals surface area contributed by atoms with E-state index in [-0.39, 0.29) is 0 Å². The van der Waals surface area contributed by atoms with Gasteiger partial charge in [-0.1, -0.05) is 11.6 Å². The third-order valence-corrected chi connectivity index (χ3v) is 4.43. The zero-order valence-electron chi connectivity index (χ0n) is 14.7. The maximum atomic E-state index is 5.88. The van der Waals surface area contributed by atoms with Crippen molar-refractivity contribution in [3.8, 4) is 11.5 Å². The molecule has 0 aliphatic carbocycles. The molecule has 0 fully saturated rings. The van der Waals surface area contributed by atoms with Gasteiger partial charge >= 0.3 is 0 Å². The van der Waals surface area contributed by atoms with Gasteiger partial charge in [0.05, 0.1) is 29.5 Å². The summed E-state index contributed by atoms with van der Waals surface area (Å²) in [5, 5.41) is 3.98. The summed E-state index contributed by atoms with van der Waals surface area (Å²) in [4.78, 5) is 9.02. The van der Waals surface area contributed by atoms with E-state index < -0.39 is 0 Å². The van der Waals surface area contributed by atoms with E-state index in [1.807, 2.05) is 54.1 Å². The van der Waals surface area contributed by atoms with Crippen molar-refractivity contribution in [2.24, 2.45) is 7.05 Å². The molecular formula is C20H18ClN5O. The van der Waals surface area contributed by atoms with Crippen molar-refractivity contribution in [1.82, 2.24) is 14.5 Å². The van der Waals surface area contributed by atoms with Gasteiger partial charge in [0.25, 0.3) is 0 Å². The van der Waals surface area contributed by atoms with Crippen molar-refractivity contribution < 1.29 is 4.74 Å². The van der Waals surface area contributed by atoms with Crippen LogP contribution < -0.4 is 15.8 Å². The lowest BCUT2D eigenvalue weighted by Gasteiger charge is -2.08. The summed E-state index contributed by atoms with van der Waals surface area (Å²) < 4.78 is 7.73. The molecule has 6 nitrogen and oxygen atoms in total. The highest BCUT2D eigenvalue weighted by molar-refractivity contribution is 6.30. The van der Waals surface area contributed by atoms with Gasteiger partial charge < -0.3 is 20.4 Å². The first kappa shape index (κ1) is 17.2. The largest absolute Gasteiger partial charge is 0.456 e. The second-order valence-corrected chi connectivity index (χ2v) is 6.57. The molecule has 0 atom stereocenters. The van der Waals surface area contributed by atoms with Gasteiger partial charge in [-0.2, -0.15) is 0 Å². The molecule has 27 heavy (non-hydrogen) atoms. The number of nitrogen functional groups attached to an aromatic ring is 1. The van der Waals surface area contributed by atoms with Gasteiger partial charge in [-0.15, -0.1) is 0 Å². The van der Waals surface area contributed by atoms with Gasteiger partial charge in [0, 0.05) is 17.8 Å². The van der Waals surface area contributed by atoms with Crippen molar-refractivity contribution in [2.75, 3.05) is 11.1 Å². The van der Waals surface area contributed by atoms with Crippen LogP contribution in [0, 0.1) is 0 Å². The fourth-order valence-electron chi connectivity index (χ4n) is 2.75. The molecule has 2 aromatic heterocycles. The molecule has 0 saturated carbocycles. The number of nitrogens with two attached hydrogens (primary N) is 1. The fourth-order valence-corrected chi connectivity index (χ4v) is 2.88. The predicted octanol–water partition coefficient (Wildman–Crippen LogP) is 4.61. The average molecular weight is 380 g/mol. The summed E-state index contributed by atoms with van der Waals surface area (Å²) in [7, 11) is 1.95. The van der Waals surface area contributed by atoms with Crippen LogP contribution in [0.1, 0.15) is 5.69 Å². The van der Waals surface area contributed by atoms with Gasteiger partial charge in [-0.3, -0.25) is 4.98 Å². The fraction of sp³-hybridized carbons (Fsp3) is 0.100. The van der Waals surface area contributed by atoms with Crippen molar-refractivity contribution in [3.63, 3.8) is 0 Å². The Morgan fingerprint density at radius 3 is 2.59 bits per heavy atom. The van der Waals surface area contributed by atoms with Gasteiger partial charge in [-0.25, -0.2) is 4.98 Å². The topological polar surface area (TPSA) is 78.0 Å². The van der Waals surface area contributed by atoms with Crippen LogP contribution in [-0.2, 0) is 13.6 Å². The van der Waals surface area contributed by atoms with Crippen LogP contribution in [0.3, 0.4) is 0 Å². The molecule has 3 N–H and O–H groups in total. The summed E-state index contributed by atoms with van der Waals surface area (Å²) >= 11 is 5.88. The second kappa shape index (κ2) is 7.17. The molecular weight excluding hydrogens is 362 g/mol. The molecule has 0 amide bonds. The van der Waals surface area contributed by atoms with Crippen LogP contribution in [0.15, 0.2) is 60.8 Å². The smallest absolute Gasteiger partial charge is 0.203 e. The quantitative estimate of drug-likeness (QED) is 0.495. The number of imidazole rings is 1. The molecule has 0 unspecified atom stereocenters. The third-order valence-electron chi connectivity index (χ3n) is 4.18. The number of halogens is 1. The molecule has 136 valence electrons. The number of pyridine rings is 1. The van der Waals surface area contributed by atoms with Crippen molar-refractivity contribution in [2.45, 2.75) is 6.54 Å². The Morgan fingerprint density at radius 2 is 1.85 bits per heavy atom. The molecule has 0 bridgehead atoms. The second-order valence-electron chi connectivity index (χ2n) is 6.14. The average Bonchev–Trinajstić information content (AvgIpc) is 2.98. The van der Waals surface area contributed by atoms with E-state index in [0.717, 1.165) is 28.4 Å². The minimum atomic E-state index is 0.549. The maximum Gasteiger partial charge on any atom is 0.203 e. The summed E-state index contributed by atoms with van der Waals surface area (Å²) in [6, 6.07) is 16.7. The summed E-state index contributed by atoms with van der Waals surface area (Å²) in [5.74, 6) is 2.14. The maximum absolute atomic E-state index is 5.88. The predicted molar refractivity (Wildman–Crippen MR) is 108 cm³/mol. The first-order valence-corrected chi connectivity index (χ1v) is 8.80. The van der Waals surface area contributed by atoms with E-state index in [9.17, 15) is 0 Å².